The summed E-state index contributed by atoms with van der Waals surface area (Å²) in [5.41, 5.74) is 6.61. The van der Waals surface area contributed by atoms with Gasteiger partial charge >= 0.3 is 0 Å². The molecule has 1 aliphatic rings. The highest BCUT2D eigenvalue weighted by atomic mass is 32.2. The van der Waals surface area contributed by atoms with Gasteiger partial charge in [0, 0.05) is 15.8 Å². The number of benzene rings is 1. The zero-order valence-corrected chi connectivity index (χ0v) is 12.7. The van der Waals surface area contributed by atoms with Crippen molar-refractivity contribution in [1.82, 2.24) is 4.72 Å². The van der Waals surface area contributed by atoms with Gasteiger partial charge < -0.3 is 5.73 Å². The number of anilines is 1. The first-order valence-corrected chi connectivity index (χ1v) is 8.89. The lowest BCUT2D eigenvalue weighted by molar-refractivity contribution is 0.516. The molecule has 0 heterocycles. The van der Waals surface area contributed by atoms with E-state index < -0.39 is 10.0 Å². The Morgan fingerprint density at radius 3 is 2.58 bits per heavy atom. The second kappa shape index (κ2) is 6.15. The van der Waals surface area contributed by atoms with Gasteiger partial charge in [-0.2, -0.15) is 0 Å². The average Bonchev–Trinajstić information content (AvgIpc) is 2.42. The molecule has 19 heavy (non-hydrogen) atoms. The van der Waals surface area contributed by atoms with Crippen LogP contribution >= 0.6 is 11.8 Å². The quantitative estimate of drug-likeness (QED) is 0.838. The molecule has 6 heteroatoms. The van der Waals surface area contributed by atoms with E-state index in [1.807, 2.05) is 0 Å². The molecule has 2 rings (SSSR count). The van der Waals surface area contributed by atoms with Crippen LogP contribution in [0.5, 0.6) is 0 Å². The normalized spacial score (nSPS) is 17.5. The summed E-state index contributed by atoms with van der Waals surface area (Å²) in [6.45, 7) is 0. The van der Waals surface area contributed by atoms with Crippen LogP contribution in [0.2, 0.25) is 0 Å². The number of nitrogens with two attached hydrogens (primary N) is 1. The van der Waals surface area contributed by atoms with Crippen LogP contribution in [0.25, 0.3) is 0 Å². The van der Waals surface area contributed by atoms with Crippen LogP contribution in [0.4, 0.5) is 5.69 Å². The first-order valence-electron chi connectivity index (χ1n) is 6.52. The van der Waals surface area contributed by atoms with E-state index in [4.69, 9.17) is 5.73 Å². The maximum atomic E-state index is 11.8. The van der Waals surface area contributed by atoms with Crippen molar-refractivity contribution >= 4 is 27.5 Å². The van der Waals surface area contributed by atoms with Gasteiger partial charge in [-0.3, -0.25) is 0 Å². The van der Waals surface area contributed by atoms with Crippen molar-refractivity contribution in [3.05, 3.63) is 18.2 Å². The Kier molecular flexibility index (Phi) is 4.76. The molecule has 1 saturated carbocycles. The molecular weight excluding hydrogens is 280 g/mol. The van der Waals surface area contributed by atoms with Crippen molar-refractivity contribution in [2.24, 2.45) is 0 Å². The molecule has 0 spiro atoms. The number of rotatable bonds is 4. The summed E-state index contributed by atoms with van der Waals surface area (Å²) >= 11 is 1.71. The number of nitrogen functional groups attached to an aromatic ring is 1. The molecule has 3 N–H and O–H groups in total. The molecule has 1 aromatic rings. The molecule has 0 bridgehead atoms. The second-order valence-corrected chi connectivity index (χ2v) is 8.01. The highest BCUT2D eigenvalue weighted by Gasteiger charge is 2.18. The van der Waals surface area contributed by atoms with Gasteiger partial charge in [-0.1, -0.05) is 19.3 Å². The Morgan fingerprint density at radius 1 is 1.26 bits per heavy atom. The van der Waals surface area contributed by atoms with Gasteiger partial charge in [0.1, 0.15) is 0 Å². The van der Waals surface area contributed by atoms with Crippen molar-refractivity contribution in [2.45, 2.75) is 47.1 Å². The summed E-state index contributed by atoms with van der Waals surface area (Å²) in [5, 5.41) is 0.559. The van der Waals surface area contributed by atoms with Crippen LogP contribution in [0.1, 0.15) is 32.1 Å². The summed E-state index contributed by atoms with van der Waals surface area (Å²) in [6.07, 6.45) is 6.19. The van der Waals surface area contributed by atoms with Crippen molar-refractivity contribution in [3.63, 3.8) is 0 Å². The van der Waals surface area contributed by atoms with Gasteiger partial charge in [0.25, 0.3) is 0 Å². The van der Waals surface area contributed by atoms with Crippen LogP contribution in [0.3, 0.4) is 0 Å². The lowest BCUT2D eigenvalue weighted by atomic mass is 10.0. The Morgan fingerprint density at radius 2 is 1.95 bits per heavy atom. The van der Waals surface area contributed by atoms with Gasteiger partial charge in [-0.25, -0.2) is 13.1 Å². The fraction of sp³-hybridized carbons (Fsp3) is 0.538. The maximum Gasteiger partial charge on any atom is 0.240 e. The average molecular weight is 300 g/mol. The van der Waals surface area contributed by atoms with E-state index in [0.29, 0.717) is 10.9 Å². The molecule has 0 radical (unpaired) electrons. The largest absolute Gasteiger partial charge is 0.398 e. The third-order valence-electron chi connectivity index (χ3n) is 3.41. The number of nitrogens with one attached hydrogen (secondary N) is 1. The molecule has 1 aromatic carbocycles. The zero-order chi connectivity index (χ0) is 13.9. The van der Waals surface area contributed by atoms with Gasteiger partial charge in [0.05, 0.1) is 4.90 Å². The third kappa shape index (κ3) is 3.64. The predicted molar refractivity (Wildman–Crippen MR) is 79.8 cm³/mol. The van der Waals surface area contributed by atoms with E-state index in [9.17, 15) is 8.42 Å². The van der Waals surface area contributed by atoms with E-state index in [2.05, 4.69) is 4.72 Å². The van der Waals surface area contributed by atoms with Crippen LogP contribution < -0.4 is 10.5 Å². The van der Waals surface area contributed by atoms with Crippen LogP contribution in [0.15, 0.2) is 28.0 Å². The Bertz CT molecular complexity index is 538. The van der Waals surface area contributed by atoms with E-state index in [1.165, 1.54) is 39.2 Å². The molecule has 1 aliphatic carbocycles. The molecule has 0 saturated heterocycles. The van der Waals surface area contributed by atoms with E-state index in [-0.39, 0.29) is 4.90 Å². The molecule has 0 unspecified atom stereocenters. The standard InChI is InChI=1S/C13H20N2O2S2/c1-15-19(16,17)11-7-8-12(14)13(9-11)18-10-5-3-2-4-6-10/h7-10,15H,2-6,14H2,1H3. The van der Waals surface area contributed by atoms with Crippen molar-refractivity contribution < 1.29 is 8.42 Å². The van der Waals surface area contributed by atoms with Gasteiger partial charge in [0.2, 0.25) is 10.0 Å². The SMILES string of the molecule is CNS(=O)(=O)c1ccc(N)c(SC2CCCCC2)c1. The van der Waals surface area contributed by atoms with Gasteiger partial charge in [0.15, 0.2) is 0 Å². The highest BCUT2D eigenvalue weighted by Crippen LogP contribution is 2.37. The first kappa shape index (κ1) is 14.7. The third-order valence-corrected chi connectivity index (χ3v) is 6.23. The topological polar surface area (TPSA) is 72.2 Å². The fourth-order valence-corrected chi connectivity index (χ4v) is 4.42. The fourth-order valence-electron chi connectivity index (χ4n) is 2.26. The summed E-state index contributed by atoms with van der Waals surface area (Å²) < 4.78 is 25.9. The Hall–Kier alpha value is -0.720. The van der Waals surface area contributed by atoms with Crippen LogP contribution in [0, 0.1) is 0 Å². The van der Waals surface area contributed by atoms with Gasteiger partial charge in [-0.15, -0.1) is 11.8 Å². The summed E-state index contributed by atoms with van der Waals surface area (Å²) in [5.74, 6) is 0. The minimum absolute atomic E-state index is 0.280. The van der Waals surface area contributed by atoms with E-state index >= 15 is 0 Å². The maximum absolute atomic E-state index is 11.8. The van der Waals surface area contributed by atoms with Gasteiger partial charge in [-0.05, 0) is 38.1 Å². The molecular formula is C13H20N2O2S2. The summed E-state index contributed by atoms with van der Waals surface area (Å²) in [4.78, 5) is 1.16. The molecule has 1 fully saturated rings. The molecule has 106 valence electrons. The minimum atomic E-state index is -3.40. The van der Waals surface area contributed by atoms with E-state index in [1.54, 1.807) is 30.0 Å². The Labute approximate surface area is 119 Å². The monoisotopic (exact) mass is 300 g/mol. The number of hydrogen-bond acceptors (Lipinski definition) is 4. The molecule has 0 amide bonds. The number of hydrogen-bond donors (Lipinski definition) is 2. The van der Waals surface area contributed by atoms with Crippen molar-refractivity contribution in [2.75, 3.05) is 12.8 Å². The van der Waals surface area contributed by atoms with Crippen molar-refractivity contribution in [3.8, 4) is 0 Å². The summed E-state index contributed by atoms with van der Waals surface area (Å²) in [6, 6.07) is 4.90. The molecule has 4 nitrogen and oxygen atoms in total. The highest BCUT2D eigenvalue weighted by molar-refractivity contribution is 8.00. The second-order valence-electron chi connectivity index (χ2n) is 4.79. The minimum Gasteiger partial charge on any atom is -0.398 e. The van der Waals surface area contributed by atoms with Crippen LogP contribution in [-0.4, -0.2) is 20.7 Å². The lowest BCUT2D eigenvalue weighted by Crippen LogP contribution is -2.18. The zero-order valence-electron chi connectivity index (χ0n) is 11.1. The molecule has 0 atom stereocenters. The number of sulfonamides is 1. The predicted octanol–water partition coefficient (Wildman–Crippen LogP) is 2.60. The lowest BCUT2D eigenvalue weighted by Gasteiger charge is -2.21. The number of thioether (sulfide) groups is 1. The van der Waals surface area contributed by atoms with Crippen molar-refractivity contribution in [1.29, 1.82) is 0 Å². The first-order chi connectivity index (χ1) is 9.03. The van der Waals surface area contributed by atoms with Crippen LogP contribution in [-0.2, 0) is 10.0 Å². The smallest absolute Gasteiger partial charge is 0.240 e. The molecule has 0 aromatic heterocycles. The van der Waals surface area contributed by atoms with E-state index in [0.717, 1.165) is 4.90 Å². The Balaban J connectivity index is 2.22. The molecule has 0 aliphatic heterocycles. The summed E-state index contributed by atoms with van der Waals surface area (Å²) in [7, 11) is -1.98.